The molecule has 0 fully saturated rings. The molecule has 0 saturated heterocycles. The smallest absolute Gasteiger partial charge is 0.338 e. The van der Waals surface area contributed by atoms with Crippen LogP contribution in [0.4, 0.5) is 11.4 Å². The van der Waals surface area contributed by atoms with Gasteiger partial charge in [0.1, 0.15) is 48.8 Å². The van der Waals surface area contributed by atoms with Crippen molar-refractivity contribution in [1.29, 1.82) is 0 Å². The van der Waals surface area contributed by atoms with Crippen LogP contribution >= 0.6 is 0 Å². The standard InChI is InChI=1S/C76H76N2O24/c1-7-75(45-97-67(83)53-25-13-49(14-26-53)21-33-63(79)91-3,46-98-68(84)54-27-15-50(16-28-54)22-34-64(80)92-4)73(89)101-61-41-58(72(88)96-38-12-10-9-11-37-95-71(87)57-39-59(77)43-60(78)40-57)42-62(44-61)102-74(90)76(8-2,47-99-69(85)55-29-17-51(18-30-55)23-35-65(81)93-5)48-100-70(86)56-31-19-52(20-32-56)24-36-66(82)94-6/h13-36,39-44H,7-12,37-38,45-48,77-78H2,1-6H3. The Kier molecular flexibility index (Phi) is 30.2. The normalized spacial score (nSPS) is 12.3. The van der Waals surface area contributed by atoms with Gasteiger partial charge in [-0.05, 0) is 164 Å². The maximum absolute atomic E-state index is 15.0. The number of esters is 12. The van der Waals surface area contributed by atoms with Gasteiger partial charge in [-0.3, -0.25) is 9.59 Å². The summed E-state index contributed by atoms with van der Waals surface area (Å²) in [5.41, 5.74) is 10.1. The monoisotopic (exact) mass is 1400 g/mol. The molecule has 534 valence electrons. The molecule has 0 atom stereocenters. The first-order valence-electron chi connectivity index (χ1n) is 31.7. The summed E-state index contributed by atoms with van der Waals surface area (Å²) in [7, 11) is 4.84. The molecule has 4 N–H and O–H groups in total. The molecule has 0 amide bonds. The van der Waals surface area contributed by atoms with Crippen LogP contribution in [0.15, 0.2) is 158 Å². The molecule has 26 nitrogen and oxygen atoms in total. The Hall–Kier alpha value is -12.5. The van der Waals surface area contributed by atoms with E-state index in [2.05, 4.69) is 18.9 Å². The van der Waals surface area contributed by atoms with Gasteiger partial charge in [0, 0.05) is 41.7 Å². The molecule has 0 unspecified atom stereocenters. The Balaban J connectivity index is 1.33. The Morgan fingerprint density at radius 2 is 0.578 bits per heavy atom. The van der Waals surface area contributed by atoms with Gasteiger partial charge in [0.2, 0.25) is 0 Å². The Morgan fingerprint density at radius 1 is 0.324 bits per heavy atom. The van der Waals surface area contributed by atoms with Crippen LogP contribution in [0.1, 0.15) is 137 Å². The van der Waals surface area contributed by atoms with Crippen LogP contribution in [0.25, 0.3) is 24.3 Å². The van der Waals surface area contributed by atoms with Gasteiger partial charge < -0.3 is 68.3 Å². The van der Waals surface area contributed by atoms with Gasteiger partial charge in [0.15, 0.2) is 0 Å². The largest absolute Gasteiger partial charge is 0.466 e. The van der Waals surface area contributed by atoms with Gasteiger partial charge in [0.05, 0.1) is 75.0 Å². The van der Waals surface area contributed by atoms with Crippen LogP contribution in [0.3, 0.4) is 0 Å². The number of rotatable bonds is 35. The molecule has 0 spiro atoms. The van der Waals surface area contributed by atoms with Crippen LogP contribution < -0.4 is 20.9 Å². The first-order valence-corrected chi connectivity index (χ1v) is 31.7. The lowest BCUT2D eigenvalue weighted by molar-refractivity contribution is -0.152. The minimum absolute atomic E-state index is 0.00927. The van der Waals surface area contributed by atoms with Crippen molar-refractivity contribution in [3.8, 4) is 11.5 Å². The lowest BCUT2D eigenvalue weighted by atomic mass is 9.86. The number of methoxy groups -OCH3 is 4. The SMILES string of the molecule is CCC(COC(=O)c1ccc(C=CC(=O)OC)cc1)(COC(=O)c1ccc(C=CC(=O)OC)cc1)C(=O)Oc1cc(OC(=O)C(CC)(COC(=O)c2ccc(C=CC(=O)OC)cc2)COC(=O)c2ccc(C=CC(=O)OC)cc2)cc(C(=O)OCCCCCCOC(=O)c2cc(N)cc(N)c2)c1. The first-order chi connectivity index (χ1) is 48.9. The number of carbonyl (C=O) groups excluding carboxylic acids is 12. The van der Waals surface area contributed by atoms with Gasteiger partial charge in [-0.1, -0.05) is 62.4 Å². The molecule has 0 aliphatic rings. The highest BCUT2D eigenvalue weighted by atomic mass is 16.6. The van der Waals surface area contributed by atoms with Crippen molar-refractivity contribution in [3.05, 3.63) is 213 Å². The summed E-state index contributed by atoms with van der Waals surface area (Å²) in [6.45, 7) is -0.220. The number of benzene rings is 6. The average molecular weight is 1400 g/mol. The maximum atomic E-state index is 15.0. The highest BCUT2D eigenvalue weighted by Gasteiger charge is 2.44. The van der Waals surface area contributed by atoms with E-state index in [1.807, 2.05) is 0 Å². The zero-order chi connectivity index (χ0) is 74.2. The lowest BCUT2D eigenvalue weighted by Gasteiger charge is -2.30. The minimum Gasteiger partial charge on any atom is -0.466 e. The molecule has 102 heavy (non-hydrogen) atoms. The van der Waals surface area contributed by atoms with E-state index in [0.717, 1.165) is 18.2 Å². The van der Waals surface area contributed by atoms with Crippen molar-refractivity contribution >= 4 is 107 Å². The molecule has 0 bridgehead atoms. The zero-order valence-corrected chi connectivity index (χ0v) is 56.8. The summed E-state index contributed by atoms with van der Waals surface area (Å²) in [6.07, 6.45) is 11.8. The average Bonchev–Trinajstić information content (AvgIpc) is 0.806. The quantitative estimate of drug-likeness (QED) is 0.00932. The van der Waals surface area contributed by atoms with E-state index in [1.165, 1.54) is 206 Å². The summed E-state index contributed by atoms with van der Waals surface area (Å²) in [4.78, 5) is 159. The number of carbonyl (C=O) groups is 12. The van der Waals surface area contributed by atoms with Crippen molar-refractivity contribution in [3.63, 3.8) is 0 Å². The summed E-state index contributed by atoms with van der Waals surface area (Å²) in [5.74, 6) is -11.2. The first kappa shape index (κ1) is 78.5. The molecule has 6 aromatic carbocycles. The van der Waals surface area contributed by atoms with E-state index in [9.17, 15) is 47.9 Å². The summed E-state index contributed by atoms with van der Waals surface area (Å²) < 4.78 is 64.7. The summed E-state index contributed by atoms with van der Waals surface area (Å²) in [6, 6.07) is 30.9. The van der Waals surface area contributed by atoms with Crippen molar-refractivity contribution < 1.29 is 114 Å². The van der Waals surface area contributed by atoms with E-state index >= 15 is 9.59 Å². The van der Waals surface area contributed by atoms with Crippen LogP contribution in [0.5, 0.6) is 11.5 Å². The molecule has 0 aliphatic heterocycles. The number of ether oxygens (including phenoxy) is 12. The van der Waals surface area contributed by atoms with Crippen molar-refractivity contribution in [2.75, 3.05) is 79.5 Å². The molecular formula is C76H76N2O24. The van der Waals surface area contributed by atoms with Crippen LogP contribution in [0.2, 0.25) is 0 Å². The molecule has 26 heteroatoms. The van der Waals surface area contributed by atoms with Gasteiger partial charge in [-0.2, -0.15) is 0 Å². The zero-order valence-electron chi connectivity index (χ0n) is 56.8. The van der Waals surface area contributed by atoms with Crippen LogP contribution in [-0.4, -0.2) is 140 Å². The second-order valence-corrected chi connectivity index (χ2v) is 22.5. The molecule has 6 aromatic rings. The number of nitrogens with two attached hydrogens (primary N) is 2. The third-order valence-corrected chi connectivity index (χ3v) is 15.4. The Labute approximate surface area is 587 Å². The maximum Gasteiger partial charge on any atom is 0.338 e. The molecule has 0 aromatic heterocycles. The predicted molar refractivity (Wildman–Crippen MR) is 369 cm³/mol. The molecule has 0 aliphatic carbocycles. The number of hydrogen-bond acceptors (Lipinski definition) is 26. The minimum atomic E-state index is -2.04. The molecule has 0 radical (unpaired) electrons. The lowest BCUT2D eigenvalue weighted by Crippen LogP contribution is -2.44. The molecule has 6 rings (SSSR count). The summed E-state index contributed by atoms with van der Waals surface area (Å²) in [5, 5.41) is 0. The van der Waals surface area contributed by atoms with Crippen molar-refractivity contribution in [1.82, 2.24) is 0 Å². The second-order valence-electron chi connectivity index (χ2n) is 22.5. The highest BCUT2D eigenvalue weighted by Crippen LogP contribution is 2.34. The molecule has 0 heterocycles. The molecular weight excluding hydrogens is 1320 g/mol. The third-order valence-electron chi connectivity index (χ3n) is 15.4. The van der Waals surface area contributed by atoms with Crippen molar-refractivity contribution in [2.45, 2.75) is 52.4 Å². The van der Waals surface area contributed by atoms with E-state index in [-0.39, 0.29) is 59.4 Å². The van der Waals surface area contributed by atoms with Crippen LogP contribution in [-0.2, 0) is 76.1 Å². The van der Waals surface area contributed by atoms with E-state index in [0.29, 0.717) is 59.3 Å². The fourth-order valence-corrected chi connectivity index (χ4v) is 9.10. The van der Waals surface area contributed by atoms with E-state index in [4.69, 9.17) is 49.4 Å². The number of hydrogen-bond donors (Lipinski definition) is 2. The number of nitrogen functional groups attached to an aromatic ring is 2. The number of anilines is 2. The Bertz CT molecular complexity index is 3710. The topological polar surface area (TPSA) is 368 Å². The van der Waals surface area contributed by atoms with E-state index < -0.39 is 120 Å². The Morgan fingerprint density at radius 3 is 0.833 bits per heavy atom. The van der Waals surface area contributed by atoms with Crippen molar-refractivity contribution in [2.24, 2.45) is 10.8 Å². The highest BCUT2D eigenvalue weighted by molar-refractivity contribution is 5.96. The fraction of sp³-hybridized carbons (Fsp3) is 0.263. The fourth-order valence-electron chi connectivity index (χ4n) is 9.10. The second kappa shape index (κ2) is 39.2. The predicted octanol–water partition coefficient (Wildman–Crippen LogP) is 10.2. The van der Waals surface area contributed by atoms with Gasteiger partial charge in [0.25, 0.3) is 0 Å². The third kappa shape index (κ3) is 24.2. The van der Waals surface area contributed by atoms with Gasteiger partial charge in [-0.25, -0.2) is 47.9 Å². The van der Waals surface area contributed by atoms with Gasteiger partial charge in [-0.15, -0.1) is 0 Å². The summed E-state index contributed by atoms with van der Waals surface area (Å²) >= 11 is 0. The molecule has 0 saturated carbocycles. The van der Waals surface area contributed by atoms with E-state index in [1.54, 1.807) is 0 Å². The van der Waals surface area contributed by atoms with Gasteiger partial charge >= 0.3 is 71.6 Å². The van der Waals surface area contributed by atoms with Crippen LogP contribution in [0, 0.1) is 10.8 Å². The number of unbranched alkanes of at least 4 members (excludes halogenated alkanes) is 3.